The van der Waals surface area contributed by atoms with Crippen molar-refractivity contribution in [2.45, 2.75) is 85.2 Å². The summed E-state index contributed by atoms with van der Waals surface area (Å²) in [4.78, 5) is 0. The third-order valence-corrected chi connectivity index (χ3v) is 9.28. The third-order valence-electron chi connectivity index (χ3n) is 6.07. The second-order valence-corrected chi connectivity index (χ2v) is 14.2. The highest BCUT2D eigenvalue weighted by atomic mass is 31.2. The first-order chi connectivity index (χ1) is 13.9. The first-order valence-electron chi connectivity index (χ1n) is 11.5. The van der Waals surface area contributed by atoms with E-state index in [0.29, 0.717) is 0 Å². The molecule has 0 radical (unpaired) electrons. The lowest BCUT2D eigenvalue weighted by atomic mass is 9.87. The SMILES string of the molecule is CC(C)(C)CN1[C@H]2CCCC[C@@H]2N(CC(C)(C)C)P1(=O)[C@@H](O)/C=C/c1ccccc1. The van der Waals surface area contributed by atoms with E-state index in [9.17, 15) is 9.67 Å². The van der Waals surface area contributed by atoms with E-state index in [1.807, 2.05) is 36.4 Å². The maximum Gasteiger partial charge on any atom is 0.248 e. The van der Waals surface area contributed by atoms with Crippen molar-refractivity contribution in [1.82, 2.24) is 9.34 Å². The van der Waals surface area contributed by atoms with E-state index in [4.69, 9.17) is 0 Å². The van der Waals surface area contributed by atoms with Crippen molar-refractivity contribution < 1.29 is 9.67 Å². The summed E-state index contributed by atoms with van der Waals surface area (Å²) in [6, 6.07) is 10.5. The average molecular weight is 433 g/mol. The van der Waals surface area contributed by atoms with Crippen LogP contribution >= 0.6 is 7.44 Å². The number of benzene rings is 1. The molecule has 2 fully saturated rings. The van der Waals surface area contributed by atoms with Crippen LogP contribution in [-0.2, 0) is 4.57 Å². The van der Waals surface area contributed by atoms with Crippen LogP contribution in [0.15, 0.2) is 36.4 Å². The second kappa shape index (κ2) is 8.90. The van der Waals surface area contributed by atoms with Gasteiger partial charge in [0.2, 0.25) is 7.44 Å². The van der Waals surface area contributed by atoms with E-state index in [2.05, 4.69) is 50.9 Å². The lowest BCUT2D eigenvalue weighted by Gasteiger charge is -2.39. The van der Waals surface area contributed by atoms with Crippen LogP contribution < -0.4 is 0 Å². The van der Waals surface area contributed by atoms with Crippen molar-refractivity contribution in [3.63, 3.8) is 0 Å². The van der Waals surface area contributed by atoms with Crippen LogP contribution in [0.1, 0.15) is 72.8 Å². The van der Waals surface area contributed by atoms with Gasteiger partial charge in [-0.1, -0.05) is 90.8 Å². The Morgan fingerprint density at radius 3 is 1.87 bits per heavy atom. The molecule has 0 aromatic heterocycles. The van der Waals surface area contributed by atoms with Gasteiger partial charge < -0.3 is 5.11 Å². The Kier molecular flexibility index (Phi) is 7.04. The van der Waals surface area contributed by atoms with Crippen molar-refractivity contribution in [3.8, 4) is 0 Å². The lowest BCUT2D eigenvalue weighted by Crippen LogP contribution is -2.43. The molecule has 2 aliphatic rings. The van der Waals surface area contributed by atoms with Gasteiger partial charge in [-0.25, -0.2) is 9.34 Å². The maximum absolute atomic E-state index is 14.9. The van der Waals surface area contributed by atoms with Crippen LogP contribution in [0.25, 0.3) is 6.08 Å². The minimum Gasteiger partial charge on any atom is -0.378 e. The van der Waals surface area contributed by atoms with Gasteiger partial charge in [-0.05, 0) is 35.3 Å². The molecule has 3 rings (SSSR count). The number of aliphatic hydroxyl groups is 1. The largest absolute Gasteiger partial charge is 0.378 e. The molecule has 1 aliphatic heterocycles. The standard InChI is InChI=1S/C25H41N2O2P/c1-24(2,3)18-26-21-14-10-11-15-22(21)27(19-25(4,5)6)30(26,29)23(28)17-16-20-12-8-7-9-13-20/h7-9,12-13,16-17,21-23,28H,10-11,14-15,18-19H2,1-6H3/b17-16+/t21-,22-,23+/m0/s1. The summed E-state index contributed by atoms with van der Waals surface area (Å²) in [6.45, 7) is 14.7. The number of rotatable bonds is 5. The highest BCUT2D eigenvalue weighted by Gasteiger charge is 2.58. The van der Waals surface area contributed by atoms with Crippen LogP contribution in [0.2, 0.25) is 0 Å². The molecular formula is C25H41N2O2P. The predicted molar refractivity (Wildman–Crippen MR) is 127 cm³/mol. The fraction of sp³-hybridized carbons (Fsp3) is 0.680. The minimum atomic E-state index is -3.18. The van der Waals surface area contributed by atoms with Gasteiger partial charge >= 0.3 is 0 Å². The molecule has 0 amide bonds. The zero-order chi connectivity index (χ0) is 22.2. The zero-order valence-corrected chi connectivity index (χ0v) is 20.6. The van der Waals surface area contributed by atoms with Crippen molar-refractivity contribution in [1.29, 1.82) is 0 Å². The van der Waals surface area contributed by atoms with Gasteiger partial charge in [-0.3, -0.25) is 4.57 Å². The van der Waals surface area contributed by atoms with Crippen LogP contribution in [-0.4, -0.2) is 45.5 Å². The molecular weight excluding hydrogens is 391 g/mol. The van der Waals surface area contributed by atoms with Gasteiger partial charge in [-0.15, -0.1) is 0 Å². The lowest BCUT2D eigenvalue weighted by molar-refractivity contribution is 0.159. The van der Waals surface area contributed by atoms with Gasteiger partial charge in [-0.2, -0.15) is 0 Å². The number of hydrogen-bond acceptors (Lipinski definition) is 2. The first kappa shape index (κ1) is 23.7. The van der Waals surface area contributed by atoms with E-state index in [1.54, 1.807) is 6.08 Å². The van der Waals surface area contributed by atoms with Crippen molar-refractivity contribution >= 4 is 13.5 Å². The van der Waals surface area contributed by atoms with E-state index >= 15 is 0 Å². The topological polar surface area (TPSA) is 43.8 Å². The highest BCUT2D eigenvalue weighted by molar-refractivity contribution is 7.60. The number of fused-ring (bicyclic) bond motifs is 1. The van der Waals surface area contributed by atoms with E-state index in [0.717, 1.165) is 31.5 Å². The summed E-state index contributed by atoms with van der Waals surface area (Å²) in [7, 11) is -3.18. The molecule has 1 heterocycles. The minimum absolute atomic E-state index is 0.0122. The molecule has 0 bridgehead atoms. The molecule has 1 saturated carbocycles. The monoisotopic (exact) mass is 432 g/mol. The predicted octanol–water partition coefficient (Wildman–Crippen LogP) is 6.23. The Labute approximate surface area is 183 Å². The van der Waals surface area contributed by atoms with Gasteiger partial charge in [0.1, 0.15) is 0 Å². The van der Waals surface area contributed by atoms with Gasteiger partial charge in [0, 0.05) is 25.2 Å². The second-order valence-electron chi connectivity index (χ2n) is 11.5. The van der Waals surface area contributed by atoms with Crippen LogP contribution in [0, 0.1) is 10.8 Å². The maximum atomic E-state index is 14.9. The molecule has 30 heavy (non-hydrogen) atoms. The number of hydrogen-bond donors (Lipinski definition) is 1. The molecule has 5 heteroatoms. The fourth-order valence-electron chi connectivity index (χ4n) is 4.95. The molecule has 168 valence electrons. The molecule has 1 N–H and O–H groups in total. The van der Waals surface area contributed by atoms with Crippen molar-refractivity contribution in [2.75, 3.05) is 13.1 Å². The third kappa shape index (κ3) is 5.27. The summed E-state index contributed by atoms with van der Waals surface area (Å²) < 4.78 is 19.3. The fourth-order valence-corrected chi connectivity index (χ4v) is 8.80. The van der Waals surface area contributed by atoms with Crippen molar-refractivity contribution in [2.24, 2.45) is 10.8 Å². The average Bonchev–Trinajstić information content (AvgIpc) is 2.88. The van der Waals surface area contributed by atoms with Gasteiger partial charge in [0.15, 0.2) is 5.85 Å². The molecule has 3 atom stereocenters. The summed E-state index contributed by atoms with van der Waals surface area (Å²) >= 11 is 0. The zero-order valence-electron chi connectivity index (χ0n) is 19.7. The van der Waals surface area contributed by atoms with Crippen LogP contribution in [0.4, 0.5) is 0 Å². The first-order valence-corrected chi connectivity index (χ1v) is 13.2. The summed E-state index contributed by atoms with van der Waals surface area (Å²) in [5, 5.41) is 11.4. The summed E-state index contributed by atoms with van der Waals surface area (Å²) in [5.74, 6) is -0.993. The van der Waals surface area contributed by atoms with Gasteiger partial charge in [0.25, 0.3) is 0 Å². The highest BCUT2D eigenvalue weighted by Crippen LogP contribution is 2.67. The van der Waals surface area contributed by atoms with E-state index in [1.165, 1.54) is 12.8 Å². The Hall–Kier alpha value is -0.930. The Balaban J connectivity index is 2.02. The molecule has 1 aromatic rings. The summed E-state index contributed by atoms with van der Waals surface area (Å²) in [6.07, 6.45) is 8.18. The molecule has 1 saturated heterocycles. The normalized spacial score (nSPS) is 26.8. The van der Waals surface area contributed by atoms with E-state index < -0.39 is 13.3 Å². The molecule has 0 spiro atoms. The van der Waals surface area contributed by atoms with E-state index in [-0.39, 0.29) is 22.9 Å². The Bertz CT molecular complexity index is 743. The number of aliphatic hydroxyl groups excluding tert-OH is 1. The number of nitrogens with zero attached hydrogens (tertiary/aromatic N) is 2. The quantitative estimate of drug-likeness (QED) is 0.560. The smallest absolute Gasteiger partial charge is 0.248 e. The van der Waals surface area contributed by atoms with Gasteiger partial charge in [0.05, 0.1) is 0 Å². The Morgan fingerprint density at radius 1 is 0.967 bits per heavy atom. The summed E-state index contributed by atoms with van der Waals surface area (Å²) in [5.41, 5.74) is 1.04. The van der Waals surface area contributed by atoms with Crippen molar-refractivity contribution in [3.05, 3.63) is 42.0 Å². The molecule has 0 unspecified atom stereocenters. The molecule has 4 nitrogen and oxygen atoms in total. The van der Waals surface area contributed by atoms with Crippen LogP contribution in [0.5, 0.6) is 0 Å². The molecule has 1 aromatic carbocycles. The van der Waals surface area contributed by atoms with Crippen LogP contribution in [0.3, 0.4) is 0 Å². The molecule has 1 aliphatic carbocycles. The Morgan fingerprint density at radius 2 is 1.43 bits per heavy atom.